The third-order valence-electron chi connectivity index (χ3n) is 2.09. The predicted octanol–water partition coefficient (Wildman–Crippen LogP) is 2.30. The van der Waals surface area contributed by atoms with E-state index in [1.54, 1.807) is 42.5 Å². The minimum Gasteiger partial charge on any atom is -0.478 e. The third kappa shape index (κ3) is 2.11. The summed E-state index contributed by atoms with van der Waals surface area (Å²) in [5, 5.41) is 17.9. The van der Waals surface area contributed by atoms with Gasteiger partial charge in [0.05, 0.1) is 11.1 Å². The van der Waals surface area contributed by atoms with Gasteiger partial charge in [0.2, 0.25) is 0 Å². The molecule has 0 unspecified atom stereocenters. The lowest BCUT2D eigenvalue weighted by molar-refractivity contribution is 0.0694. The molecule has 1 aromatic carbocycles. The van der Waals surface area contributed by atoms with Crippen LogP contribution in [0.5, 0.6) is 0 Å². The number of hydrogen-bond donors (Lipinski definition) is 2. The molecule has 0 bridgehead atoms. The van der Waals surface area contributed by atoms with Crippen molar-refractivity contribution in [2.75, 3.05) is 0 Å². The van der Waals surface area contributed by atoms with Gasteiger partial charge in [-0.1, -0.05) is 6.07 Å². The number of halogens is 1. The van der Waals surface area contributed by atoms with Crippen molar-refractivity contribution in [2.24, 2.45) is 0 Å². The standard InChI is InChI=1S/C10H9IO4/c1-4-3-5(2)7(10(14)15)8(11)6(4)9(12)13/h3H,1-2H3,(H,12,13)(H,14,15). The Bertz CT molecular complexity index is 413. The van der Waals surface area contributed by atoms with Gasteiger partial charge >= 0.3 is 11.9 Å². The first-order valence-corrected chi connectivity index (χ1v) is 5.20. The maximum absolute atomic E-state index is 10.9. The number of carbonyl (C=O) groups is 2. The fourth-order valence-electron chi connectivity index (χ4n) is 1.47. The van der Waals surface area contributed by atoms with Crippen LogP contribution in [0.15, 0.2) is 6.07 Å². The van der Waals surface area contributed by atoms with Crippen molar-refractivity contribution in [1.29, 1.82) is 0 Å². The van der Waals surface area contributed by atoms with E-state index in [9.17, 15) is 9.59 Å². The van der Waals surface area contributed by atoms with Gasteiger partial charge in [0, 0.05) is 3.57 Å². The molecule has 15 heavy (non-hydrogen) atoms. The van der Waals surface area contributed by atoms with Crippen molar-refractivity contribution in [3.8, 4) is 0 Å². The van der Waals surface area contributed by atoms with Crippen LogP contribution >= 0.6 is 22.6 Å². The summed E-state index contributed by atoms with van der Waals surface area (Å²) in [6, 6.07) is 1.58. The van der Waals surface area contributed by atoms with Crippen molar-refractivity contribution in [3.05, 3.63) is 31.9 Å². The summed E-state index contributed by atoms with van der Waals surface area (Å²) in [6.07, 6.45) is 0. The van der Waals surface area contributed by atoms with E-state index in [0.717, 1.165) is 0 Å². The second-order valence-electron chi connectivity index (χ2n) is 3.18. The summed E-state index contributed by atoms with van der Waals surface area (Å²) in [4.78, 5) is 21.9. The molecular weight excluding hydrogens is 311 g/mol. The zero-order valence-electron chi connectivity index (χ0n) is 8.17. The lowest BCUT2D eigenvalue weighted by atomic mass is 10.00. The van der Waals surface area contributed by atoms with Gasteiger partial charge in [-0.05, 0) is 47.6 Å². The summed E-state index contributed by atoms with van der Waals surface area (Å²) in [7, 11) is 0. The van der Waals surface area contributed by atoms with E-state index < -0.39 is 11.9 Å². The van der Waals surface area contributed by atoms with Crippen LogP contribution < -0.4 is 0 Å². The Morgan fingerprint density at radius 2 is 1.40 bits per heavy atom. The zero-order chi connectivity index (χ0) is 11.7. The predicted molar refractivity (Wildman–Crippen MR) is 62.6 cm³/mol. The first-order chi connectivity index (χ1) is 6.86. The summed E-state index contributed by atoms with van der Waals surface area (Å²) in [5.74, 6) is -2.20. The Kier molecular flexibility index (Phi) is 3.33. The van der Waals surface area contributed by atoms with E-state index in [-0.39, 0.29) is 14.7 Å². The van der Waals surface area contributed by atoms with Crippen molar-refractivity contribution >= 4 is 34.5 Å². The maximum atomic E-state index is 10.9. The molecule has 1 aromatic rings. The average molecular weight is 320 g/mol. The highest BCUT2D eigenvalue weighted by Crippen LogP contribution is 2.24. The summed E-state index contributed by atoms with van der Waals surface area (Å²) in [5.41, 5.74) is 1.29. The van der Waals surface area contributed by atoms with Crippen molar-refractivity contribution in [1.82, 2.24) is 0 Å². The molecule has 0 heterocycles. The Morgan fingerprint density at radius 1 is 1.07 bits per heavy atom. The Hall–Kier alpha value is -1.11. The molecule has 0 aromatic heterocycles. The van der Waals surface area contributed by atoms with Crippen molar-refractivity contribution < 1.29 is 19.8 Å². The van der Waals surface area contributed by atoms with E-state index in [4.69, 9.17) is 10.2 Å². The number of rotatable bonds is 2. The van der Waals surface area contributed by atoms with Crippen molar-refractivity contribution in [3.63, 3.8) is 0 Å². The maximum Gasteiger partial charge on any atom is 0.337 e. The number of aryl methyl sites for hydroxylation is 2. The fourth-order valence-corrected chi connectivity index (χ4v) is 2.78. The SMILES string of the molecule is Cc1cc(C)c(C(=O)O)c(I)c1C(=O)O. The minimum absolute atomic E-state index is 0.0681. The van der Waals surface area contributed by atoms with E-state index in [1.807, 2.05) is 0 Å². The summed E-state index contributed by atoms with van der Waals surface area (Å²) < 4.78 is 0.283. The van der Waals surface area contributed by atoms with Gasteiger partial charge in [-0.3, -0.25) is 0 Å². The normalized spacial score (nSPS) is 10.1. The molecule has 0 spiro atoms. The molecule has 0 aliphatic carbocycles. The van der Waals surface area contributed by atoms with Crippen molar-refractivity contribution in [2.45, 2.75) is 13.8 Å². The van der Waals surface area contributed by atoms with Gasteiger partial charge in [-0.2, -0.15) is 0 Å². The molecule has 1 rings (SSSR count). The third-order valence-corrected chi connectivity index (χ3v) is 3.17. The number of benzene rings is 1. The Balaban J connectivity index is 3.64. The monoisotopic (exact) mass is 320 g/mol. The van der Waals surface area contributed by atoms with Crippen LogP contribution in [0.25, 0.3) is 0 Å². The molecule has 0 atom stereocenters. The molecule has 0 radical (unpaired) electrons. The van der Waals surface area contributed by atoms with Gasteiger partial charge in [0.1, 0.15) is 0 Å². The first-order valence-electron chi connectivity index (χ1n) is 4.12. The number of carboxylic acid groups (broad SMARTS) is 2. The molecule has 80 valence electrons. The van der Waals surface area contributed by atoms with E-state index >= 15 is 0 Å². The molecular formula is C10H9IO4. The highest BCUT2D eigenvalue weighted by atomic mass is 127. The summed E-state index contributed by atoms with van der Waals surface area (Å²) >= 11 is 1.76. The molecule has 0 aliphatic heterocycles. The smallest absolute Gasteiger partial charge is 0.337 e. The van der Waals surface area contributed by atoms with E-state index in [0.29, 0.717) is 11.1 Å². The second kappa shape index (κ2) is 4.18. The Labute approximate surface area is 100 Å². The van der Waals surface area contributed by atoms with Crippen LogP contribution in [0.1, 0.15) is 31.8 Å². The van der Waals surface area contributed by atoms with Gasteiger partial charge in [-0.15, -0.1) is 0 Å². The lowest BCUT2D eigenvalue weighted by Crippen LogP contribution is -2.11. The molecule has 0 aliphatic rings. The average Bonchev–Trinajstić information content (AvgIpc) is 1.99. The highest BCUT2D eigenvalue weighted by molar-refractivity contribution is 14.1. The number of carboxylic acids is 2. The van der Waals surface area contributed by atoms with Crippen LogP contribution in [-0.2, 0) is 0 Å². The Morgan fingerprint density at radius 3 is 1.67 bits per heavy atom. The van der Waals surface area contributed by atoms with Crippen LogP contribution in [0.3, 0.4) is 0 Å². The van der Waals surface area contributed by atoms with Crippen LogP contribution in [0.4, 0.5) is 0 Å². The van der Waals surface area contributed by atoms with Crippen LogP contribution in [-0.4, -0.2) is 22.2 Å². The minimum atomic E-state index is -1.10. The van der Waals surface area contributed by atoms with Gasteiger partial charge in [-0.25, -0.2) is 9.59 Å². The van der Waals surface area contributed by atoms with Crippen LogP contribution in [0.2, 0.25) is 0 Å². The quantitative estimate of drug-likeness (QED) is 0.820. The molecule has 4 nitrogen and oxygen atoms in total. The highest BCUT2D eigenvalue weighted by Gasteiger charge is 2.21. The molecule has 0 fully saturated rings. The van der Waals surface area contributed by atoms with Gasteiger partial charge < -0.3 is 10.2 Å². The molecule has 5 heteroatoms. The first kappa shape index (κ1) is 12.0. The lowest BCUT2D eigenvalue weighted by Gasteiger charge is -2.10. The molecule has 0 saturated heterocycles. The topological polar surface area (TPSA) is 74.6 Å². The molecule has 0 amide bonds. The second-order valence-corrected chi connectivity index (χ2v) is 4.26. The number of aromatic carboxylic acids is 2. The molecule has 0 saturated carbocycles. The molecule has 2 N–H and O–H groups in total. The largest absolute Gasteiger partial charge is 0.478 e. The van der Waals surface area contributed by atoms with Gasteiger partial charge in [0.15, 0.2) is 0 Å². The van der Waals surface area contributed by atoms with E-state index in [2.05, 4.69) is 0 Å². The number of hydrogen-bond acceptors (Lipinski definition) is 2. The summed E-state index contributed by atoms with van der Waals surface area (Å²) in [6.45, 7) is 3.31. The van der Waals surface area contributed by atoms with Crippen LogP contribution in [0, 0.1) is 17.4 Å². The van der Waals surface area contributed by atoms with E-state index in [1.165, 1.54) is 0 Å². The fraction of sp³-hybridized carbons (Fsp3) is 0.200. The zero-order valence-corrected chi connectivity index (χ0v) is 10.3. The van der Waals surface area contributed by atoms with Gasteiger partial charge in [0.25, 0.3) is 0 Å².